The van der Waals surface area contributed by atoms with Gasteiger partial charge in [0.05, 0.1) is 36.1 Å². The van der Waals surface area contributed by atoms with Crippen molar-refractivity contribution in [3.63, 3.8) is 0 Å². The number of carbonyl (C=O) groups is 5. The van der Waals surface area contributed by atoms with Gasteiger partial charge in [0.25, 0.3) is 5.91 Å². The number of aromatic hydroxyl groups is 1. The van der Waals surface area contributed by atoms with Gasteiger partial charge in [-0.25, -0.2) is 5.43 Å². The van der Waals surface area contributed by atoms with Gasteiger partial charge >= 0.3 is 5.97 Å². The second-order valence-electron chi connectivity index (χ2n) is 21.1. The third-order valence-electron chi connectivity index (χ3n) is 15.0. The summed E-state index contributed by atoms with van der Waals surface area (Å²) in [5, 5.41) is 16.8. The fourth-order valence-corrected chi connectivity index (χ4v) is 11.3. The lowest BCUT2D eigenvalue weighted by Crippen LogP contribution is -2.62. The van der Waals surface area contributed by atoms with Gasteiger partial charge in [-0.3, -0.25) is 38.9 Å². The molecule has 4 amide bonds. The number of hydrogen-bond acceptors (Lipinski definition) is 11. The van der Waals surface area contributed by atoms with Gasteiger partial charge in [0.2, 0.25) is 17.7 Å². The van der Waals surface area contributed by atoms with Crippen LogP contribution in [0.25, 0.3) is 33.3 Å². The van der Waals surface area contributed by atoms with Crippen molar-refractivity contribution in [2.75, 3.05) is 54.0 Å². The number of nitrogens with one attached hydrogen (secondary N) is 2. The lowest BCUT2D eigenvalue weighted by Gasteiger charge is -2.37. The van der Waals surface area contributed by atoms with E-state index in [9.17, 15) is 29.1 Å². The Labute approximate surface area is 412 Å². The summed E-state index contributed by atoms with van der Waals surface area (Å²) in [5.41, 5.74) is 9.59. The van der Waals surface area contributed by atoms with Crippen LogP contribution in [0.15, 0.2) is 54.7 Å². The van der Waals surface area contributed by atoms with Crippen LogP contribution in [0.5, 0.6) is 5.75 Å². The minimum atomic E-state index is -1.16. The van der Waals surface area contributed by atoms with Crippen LogP contribution in [-0.2, 0) is 52.8 Å². The van der Waals surface area contributed by atoms with E-state index in [1.807, 2.05) is 46.0 Å². The first-order valence-corrected chi connectivity index (χ1v) is 25.2. The Morgan fingerprint density at radius 2 is 1.79 bits per heavy atom. The molecule has 376 valence electrons. The van der Waals surface area contributed by atoms with Gasteiger partial charge < -0.3 is 34.3 Å². The number of cyclic esters (lactones) is 1. The predicted molar refractivity (Wildman–Crippen MR) is 267 cm³/mol. The van der Waals surface area contributed by atoms with Gasteiger partial charge in [0.1, 0.15) is 23.9 Å². The van der Waals surface area contributed by atoms with Gasteiger partial charge in [-0.2, -0.15) is 0 Å². The van der Waals surface area contributed by atoms with Crippen LogP contribution in [-0.4, -0.2) is 142 Å². The molecule has 2 aromatic carbocycles. The molecule has 0 spiro atoms. The summed E-state index contributed by atoms with van der Waals surface area (Å²) in [6.07, 6.45) is 5.25. The van der Waals surface area contributed by atoms with Crippen molar-refractivity contribution in [2.45, 2.75) is 123 Å². The summed E-state index contributed by atoms with van der Waals surface area (Å²) in [7, 11) is 5.25. The Bertz CT molecular complexity index is 2630. The zero-order valence-electron chi connectivity index (χ0n) is 42.4. The number of carbonyl (C=O) groups excluding carboxylic acids is 5. The number of phenolic OH excluding ortho intramolecular Hbond substituents is 1. The number of amides is 4. The van der Waals surface area contributed by atoms with Gasteiger partial charge in [-0.05, 0) is 131 Å². The molecule has 2 aromatic heterocycles. The molecule has 3 fully saturated rings. The average molecular weight is 961 g/mol. The quantitative estimate of drug-likeness (QED) is 0.162. The van der Waals surface area contributed by atoms with Gasteiger partial charge in [-0.1, -0.05) is 39.8 Å². The molecule has 4 aromatic rings. The third kappa shape index (κ3) is 10.3. The summed E-state index contributed by atoms with van der Waals surface area (Å²) in [6.45, 7) is 14.7. The summed E-state index contributed by atoms with van der Waals surface area (Å²) in [6, 6.07) is 12.4. The molecule has 8 rings (SSSR count). The molecule has 16 heteroatoms. The molecule has 0 radical (unpaired) electrons. The molecule has 3 N–H and O–H groups in total. The first-order chi connectivity index (χ1) is 33.4. The largest absolute Gasteiger partial charge is 0.508 e. The van der Waals surface area contributed by atoms with Crippen molar-refractivity contribution in [3.05, 3.63) is 71.5 Å². The zero-order valence-corrected chi connectivity index (χ0v) is 42.4. The first kappa shape index (κ1) is 50.5. The fraction of sp³-hybridized carbons (Fsp3) is 0.556. The summed E-state index contributed by atoms with van der Waals surface area (Å²) < 4.78 is 14.2. The van der Waals surface area contributed by atoms with Crippen LogP contribution >= 0.6 is 0 Å². The van der Waals surface area contributed by atoms with E-state index in [-0.39, 0.29) is 55.2 Å². The smallest absolute Gasteiger partial charge is 0.324 e. The minimum absolute atomic E-state index is 0.00341. The van der Waals surface area contributed by atoms with Crippen LogP contribution in [0.2, 0.25) is 0 Å². The Hall–Kier alpha value is -5.84. The van der Waals surface area contributed by atoms with Gasteiger partial charge in [0.15, 0.2) is 0 Å². The van der Waals surface area contributed by atoms with Gasteiger partial charge in [0, 0.05) is 74.8 Å². The number of rotatable bonds is 10. The molecule has 0 aliphatic carbocycles. The zero-order chi connectivity index (χ0) is 50.2. The van der Waals surface area contributed by atoms with E-state index in [0.29, 0.717) is 50.9 Å². The van der Waals surface area contributed by atoms with Crippen molar-refractivity contribution >= 4 is 40.5 Å². The van der Waals surface area contributed by atoms with Crippen LogP contribution in [0.3, 0.4) is 0 Å². The number of aromatic nitrogens is 2. The van der Waals surface area contributed by atoms with Crippen LogP contribution in [0.1, 0.15) is 96.6 Å². The Kier molecular flexibility index (Phi) is 15.1. The summed E-state index contributed by atoms with van der Waals surface area (Å²) in [5.74, 6) is -2.44. The Balaban J connectivity index is 1.15. The highest BCUT2D eigenvalue weighted by atomic mass is 16.5. The third-order valence-corrected chi connectivity index (χ3v) is 15.0. The number of pyridine rings is 1. The number of phenols is 1. The topological polar surface area (TPSA) is 179 Å². The average Bonchev–Trinajstić information content (AvgIpc) is 4.09. The van der Waals surface area contributed by atoms with Gasteiger partial charge in [-0.15, -0.1) is 0 Å². The first-order valence-electron chi connectivity index (χ1n) is 25.2. The molecule has 0 saturated carbocycles. The fourth-order valence-electron chi connectivity index (χ4n) is 11.3. The molecule has 6 bridgehead atoms. The van der Waals surface area contributed by atoms with E-state index in [1.54, 1.807) is 37.4 Å². The molecule has 70 heavy (non-hydrogen) atoms. The highest BCUT2D eigenvalue weighted by Gasteiger charge is 2.42. The number of methoxy groups -OCH3 is 1. The number of benzene rings is 2. The maximum atomic E-state index is 14.8. The van der Waals surface area contributed by atoms with Crippen LogP contribution < -0.4 is 10.7 Å². The highest BCUT2D eigenvalue weighted by molar-refractivity contribution is 5.96. The minimum Gasteiger partial charge on any atom is -0.508 e. The second kappa shape index (κ2) is 20.9. The SMILES string of the molecule is CCn1c(-c2cccnc2[C@H](C)OC)c2c3cc(ccc31)-c1cc(O)cc(c1)C[C@H](NC(=O)C(C(C)C)N(C)C(=O)[C@H]1CCN(C(=O)[C@H]3CCCN3C)C1)C(=O)N1CCC[C@H](N1)C(=O)OCC(C)(C)C2. The lowest BCUT2D eigenvalue weighted by molar-refractivity contribution is -0.155. The number of nitrogens with zero attached hydrogens (tertiary/aromatic N) is 6. The van der Waals surface area contributed by atoms with E-state index in [0.717, 1.165) is 63.9 Å². The number of aryl methyl sites for hydroxylation is 1. The molecule has 4 aliphatic rings. The maximum absolute atomic E-state index is 14.8. The van der Waals surface area contributed by atoms with Crippen molar-refractivity contribution < 1.29 is 38.6 Å². The molecule has 4 aliphatic heterocycles. The number of likely N-dealkylation sites (N-methyl/N-ethyl adjacent to an activating group) is 2. The standard InChI is InChI=1S/C54H72N8O8/c1-10-61-44-18-17-35-28-40(44)41(48(61)39-14-11-20-55-46(39)33(4)69-9)29-54(5,6)31-70-53(68)42-15-12-22-62(57-42)51(66)43(26-34-24-37(35)27-38(63)25-34)56-49(64)47(32(2)3)59(8)50(65)36-19-23-60(30-36)52(67)45-16-13-21-58(45)7/h11,14,17-18,20,24-25,27-28,32-33,36,42-43,45,47,57,63H,10,12-13,15-16,19,21-23,26,29-31H2,1-9H3,(H,56,64)/t33-,36-,42-,43-,45+,47?/m0/s1. The van der Waals surface area contributed by atoms with E-state index >= 15 is 0 Å². The number of hydrazine groups is 1. The summed E-state index contributed by atoms with van der Waals surface area (Å²) >= 11 is 0. The monoisotopic (exact) mass is 961 g/mol. The van der Waals surface area contributed by atoms with Crippen LogP contribution in [0.4, 0.5) is 0 Å². The normalized spacial score (nSPS) is 23.0. The van der Waals surface area contributed by atoms with E-state index < -0.39 is 47.2 Å². The van der Waals surface area contributed by atoms with Crippen molar-refractivity contribution in [1.82, 2.24) is 40.0 Å². The molecule has 6 atom stereocenters. The van der Waals surface area contributed by atoms with Crippen LogP contribution in [0, 0.1) is 17.3 Å². The second-order valence-corrected chi connectivity index (χ2v) is 21.1. The molecule has 1 unspecified atom stereocenters. The molecule has 3 saturated heterocycles. The molecular formula is C54H72N8O8. The number of esters is 1. The summed E-state index contributed by atoms with van der Waals surface area (Å²) in [4.78, 5) is 81.3. The van der Waals surface area contributed by atoms with Crippen molar-refractivity contribution in [3.8, 4) is 28.1 Å². The van der Waals surface area contributed by atoms with Crippen molar-refractivity contribution in [1.29, 1.82) is 0 Å². The lowest BCUT2D eigenvalue weighted by atomic mass is 9.84. The predicted octanol–water partition coefficient (Wildman–Crippen LogP) is 5.88. The van der Waals surface area contributed by atoms with E-state index in [2.05, 4.69) is 59.2 Å². The number of hydrogen-bond donors (Lipinski definition) is 3. The maximum Gasteiger partial charge on any atom is 0.324 e. The van der Waals surface area contributed by atoms with E-state index in [4.69, 9.17) is 14.5 Å². The van der Waals surface area contributed by atoms with Crippen molar-refractivity contribution in [2.24, 2.45) is 17.3 Å². The highest BCUT2D eigenvalue weighted by Crippen LogP contribution is 2.42. The molecule has 6 heterocycles. The number of likely N-dealkylation sites (tertiary alicyclic amines) is 2. The number of fused-ring (bicyclic) bond motifs is 6. The molecule has 16 nitrogen and oxygen atoms in total. The Morgan fingerprint density at radius 3 is 2.50 bits per heavy atom. The Morgan fingerprint density at radius 1 is 1.01 bits per heavy atom. The molecular weight excluding hydrogens is 889 g/mol. The number of ether oxygens (including phenoxy) is 2. The van der Waals surface area contributed by atoms with E-state index in [1.165, 1.54) is 9.91 Å².